The van der Waals surface area contributed by atoms with E-state index in [2.05, 4.69) is 5.32 Å². The van der Waals surface area contributed by atoms with Crippen molar-refractivity contribution in [2.75, 3.05) is 6.61 Å². The molecule has 1 saturated heterocycles. The molecule has 0 spiro atoms. The summed E-state index contributed by atoms with van der Waals surface area (Å²) in [4.78, 5) is 24.2. The molecule has 2 atom stereocenters. The molecule has 2 heterocycles. The third-order valence-corrected chi connectivity index (χ3v) is 4.41. The predicted molar refractivity (Wildman–Crippen MR) is 92.0 cm³/mol. The van der Waals surface area contributed by atoms with Gasteiger partial charge < -0.3 is 14.6 Å². The number of ether oxygens (including phenoxy) is 1. The third-order valence-electron chi connectivity index (χ3n) is 4.41. The topological polar surface area (TPSA) is 60.3 Å². The molecule has 0 radical (unpaired) electrons. The first-order valence-electron chi connectivity index (χ1n) is 8.20. The Hall–Kier alpha value is -2.40. The summed E-state index contributed by atoms with van der Waals surface area (Å²) < 4.78 is 7.36. The van der Waals surface area contributed by atoms with Crippen LogP contribution >= 0.6 is 0 Å². The number of rotatable bonds is 3. The van der Waals surface area contributed by atoms with E-state index in [0.29, 0.717) is 12.2 Å². The molecule has 1 aliphatic rings. The first kappa shape index (κ1) is 16.5. The Bertz CT molecular complexity index is 780. The lowest BCUT2D eigenvalue weighted by Crippen LogP contribution is -2.43. The van der Waals surface area contributed by atoms with E-state index in [0.717, 1.165) is 18.4 Å². The summed E-state index contributed by atoms with van der Waals surface area (Å²) in [5, 5.41) is 3.03. The van der Waals surface area contributed by atoms with Gasteiger partial charge in [-0.15, -0.1) is 0 Å². The number of carbonyl (C=O) groups is 1. The van der Waals surface area contributed by atoms with Gasteiger partial charge in [0, 0.05) is 31.5 Å². The number of amides is 1. The van der Waals surface area contributed by atoms with Crippen LogP contribution in [-0.4, -0.2) is 23.1 Å². The molecule has 1 fully saturated rings. The number of pyridine rings is 1. The van der Waals surface area contributed by atoms with Crippen molar-refractivity contribution in [2.45, 2.75) is 31.9 Å². The molecule has 24 heavy (non-hydrogen) atoms. The van der Waals surface area contributed by atoms with E-state index in [-0.39, 0.29) is 23.6 Å². The summed E-state index contributed by atoms with van der Waals surface area (Å²) in [6.07, 6.45) is 3.21. The monoisotopic (exact) mass is 326 g/mol. The van der Waals surface area contributed by atoms with Crippen molar-refractivity contribution < 1.29 is 9.53 Å². The minimum atomic E-state index is -0.236. The number of hydrogen-bond acceptors (Lipinski definition) is 3. The second-order valence-corrected chi connectivity index (χ2v) is 6.29. The van der Waals surface area contributed by atoms with Crippen LogP contribution in [0, 0.1) is 6.92 Å². The molecular weight excluding hydrogens is 304 g/mol. The number of nitrogens with one attached hydrogen (secondary N) is 1. The molecule has 5 heteroatoms. The Kier molecular flexibility index (Phi) is 4.81. The van der Waals surface area contributed by atoms with Crippen LogP contribution in [-0.2, 0) is 11.8 Å². The Labute approximate surface area is 141 Å². The van der Waals surface area contributed by atoms with Gasteiger partial charge in [-0.1, -0.05) is 29.8 Å². The van der Waals surface area contributed by atoms with Crippen molar-refractivity contribution in [3.8, 4) is 0 Å². The van der Waals surface area contributed by atoms with Gasteiger partial charge in [0.05, 0.1) is 6.04 Å². The maximum atomic E-state index is 12.5. The van der Waals surface area contributed by atoms with Gasteiger partial charge in [0.1, 0.15) is 6.10 Å². The minimum Gasteiger partial charge on any atom is -0.371 e. The highest BCUT2D eigenvalue weighted by Gasteiger charge is 2.29. The molecule has 5 nitrogen and oxygen atoms in total. The third kappa shape index (κ3) is 3.57. The van der Waals surface area contributed by atoms with Crippen LogP contribution in [0.3, 0.4) is 0 Å². The highest BCUT2D eigenvalue weighted by molar-refractivity contribution is 5.94. The van der Waals surface area contributed by atoms with Crippen LogP contribution in [0.4, 0.5) is 0 Å². The Morgan fingerprint density at radius 2 is 2.00 bits per heavy atom. The number of hydrogen-bond donors (Lipinski definition) is 1. The fourth-order valence-electron chi connectivity index (χ4n) is 2.96. The van der Waals surface area contributed by atoms with Crippen LogP contribution in [0.1, 0.15) is 40.4 Å². The number of benzene rings is 1. The van der Waals surface area contributed by atoms with Crippen molar-refractivity contribution in [1.82, 2.24) is 9.88 Å². The minimum absolute atomic E-state index is 0.0991. The van der Waals surface area contributed by atoms with Gasteiger partial charge >= 0.3 is 0 Å². The lowest BCUT2D eigenvalue weighted by molar-refractivity contribution is -0.00946. The molecule has 0 bridgehead atoms. The largest absolute Gasteiger partial charge is 0.371 e. The molecule has 126 valence electrons. The first-order valence-corrected chi connectivity index (χ1v) is 8.20. The van der Waals surface area contributed by atoms with Crippen LogP contribution in [0.5, 0.6) is 0 Å². The van der Waals surface area contributed by atoms with E-state index in [1.807, 2.05) is 31.2 Å². The number of nitrogens with zero attached hydrogens (tertiary/aromatic N) is 1. The van der Waals surface area contributed by atoms with Gasteiger partial charge in [0.25, 0.3) is 11.5 Å². The van der Waals surface area contributed by atoms with Gasteiger partial charge in [-0.2, -0.15) is 0 Å². The number of aryl methyl sites for hydroxylation is 2. The van der Waals surface area contributed by atoms with Crippen molar-refractivity contribution in [2.24, 2.45) is 7.05 Å². The highest BCUT2D eigenvalue weighted by atomic mass is 16.5. The number of carbonyl (C=O) groups excluding carboxylic acids is 1. The smallest absolute Gasteiger partial charge is 0.251 e. The predicted octanol–water partition coefficient (Wildman–Crippen LogP) is 2.34. The van der Waals surface area contributed by atoms with Crippen molar-refractivity contribution in [3.63, 3.8) is 0 Å². The second-order valence-electron chi connectivity index (χ2n) is 6.29. The zero-order valence-corrected chi connectivity index (χ0v) is 14.0. The van der Waals surface area contributed by atoms with Crippen LogP contribution < -0.4 is 10.9 Å². The van der Waals surface area contributed by atoms with Crippen molar-refractivity contribution in [3.05, 3.63) is 69.6 Å². The van der Waals surface area contributed by atoms with E-state index in [4.69, 9.17) is 4.74 Å². The summed E-state index contributed by atoms with van der Waals surface area (Å²) in [6.45, 7) is 2.73. The average Bonchev–Trinajstić information content (AvgIpc) is 2.58. The molecule has 1 amide bonds. The van der Waals surface area contributed by atoms with Gasteiger partial charge in [-0.25, -0.2) is 0 Å². The molecule has 1 aromatic heterocycles. The van der Waals surface area contributed by atoms with Gasteiger partial charge in [0.15, 0.2) is 0 Å². The van der Waals surface area contributed by atoms with E-state index in [9.17, 15) is 9.59 Å². The van der Waals surface area contributed by atoms with Crippen LogP contribution in [0.15, 0.2) is 47.4 Å². The highest BCUT2D eigenvalue weighted by Crippen LogP contribution is 2.28. The lowest BCUT2D eigenvalue weighted by Gasteiger charge is -2.32. The van der Waals surface area contributed by atoms with Crippen molar-refractivity contribution in [1.29, 1.82) is 0 Å². The molecule has 0 aliphatic carbocycles. The maximum Gasteiger partial charge on any atom is 0.251 e. The fourth-order valence-corrected chi connectivity index (χ4v) is 2.96. The maximum absolute atomic E-state index is 12.5. The SMILES string of the molecule is Cc1ccc([C@H]2OCCC[C@H]2NC(=O)c2ccn(C)c(=O)c2)cc1. The normalized spacial score (nSPS) is 20.6. The van der Waals surface area contributed by atoms with Gasteiger partial charge in [-0.05, 0) is 31.4 Å². The average molecular weight is 326 g/mol. The standard InChI is InChI=1S/C19H22N2O3/c1-13-5-7-14(8-6-13)18-16(4-3-11-24-18)20-19(23)15-9-10-21(2)17(22)12-15/h5-10,12,16,18H,3-4,11H2,1-2H3,(H,20,23)/t16-,18-/m1/s1. The fraction of sp³-hybridized carbons (Fsp3) is 0.368. The summed E-state index contributed by atoms with van der Waals surface area (Å²) in [7, 11) is 1.66. The molecule has 1 N–H and O–H groups in total. The molecule has 0 saturated carbocycles. The molecule has 1 aromatic carbocycles. The quantitative estimate of drug-likeness (QED) is 0.942. The van der Waals surface area contributed by atoms with Gasteiger partial charge in [-0.3, -0.25) is 9.59 Å². The van der Waals surface area contributed by atoms with Gasteiger partial charge in [0.2, 0.25) is 0 Å². The van der Waals surface area contributed by atoms with E-state index in [1.165, 1.54) is 16.2 Å². The summed E-state index contributed by atoms with van der Waals surface area (Å²) in [5.41, 5.74) is 2.44. The van der Waals surface area contributed by atoms with E-state index >= 15 is 0 Å². The molecule has 0 unspecified atom stereocenters. The summed E-state index contributed by atoms with van der Waals surface area (Å²) in [5.74, 6) is -0.236. The van der Waals surface area contributed by atoms with Crippen LogP contribution in [0.25, 0.3) is 0 Å². The first-order chi connectivity index (χ1) is 11.5. The van der Waals surface area contributed by atoms with E-state index < -0.39 is 0 Å². The molecule has 3 rings (SSSR count). The zero-order chi connectivity index (χ0) is 17.1. The molecular formula is C19H22N2O3. The van der Waals surface area contributed by atoms with Crippen LogP contribution in [0.2, 0.25) is 0 Å². The van der Waals surface area contributed by atoms with Crippen molar-refractivity contribution >= 4 is 5.91 Å². The lowest BCUT2D eigenvalue weighted by atomic mass is 9.95. The molecule has 1 aliphatic heterocycles. The van der Waals surface area contributed by atoms with E-state index in [1.54, 1.807) is 19.3 Å². The Balaban J connectivity index is 1.78. The molecule has 2 aromatic rings. The Morgan fingerprint density at radius 1 is 1.25 bits per heavy atom. The zero-order valence-electron chi connectivity index (χ0n) is 14.0. The summed E-state index contributed by atoms with van der Waals surface area (Å²) in [6, 6.07) is 11.1. The second kappa shape index (κ2) is 7.01. The Morgan fingerprint density at radius 3 is 2.71 bits per heavy atom. The summed E-state index contributed by atoms with van der Waals surface area (Å²) >= 11 is 0. The number of aromatic nitrogens is 1.